The highest BCUT2D eigenvalue weighted by Crippen LogP contribution is 2.18. The van der Waals surface area contributed by atoms with Crippen molar-refractivity contribution in [3.63, 3.8) is 0 Å². The molecule has 6 nitrogen and oxygen atoms in total. The maximum Gasteiger partial charge on any atom is 0.335 e. The molecule has 3 rings (SSSR count). The van der Waals surface area contributed by atoms with Crippen LogP contribution in [-0.4, -0.2) is 34.1 Å². The van der Waals surface area contributed by atoms with Crippen molar-refractivity contribution >= 4 is 17.8 Å². The molecule has 0 aliphatic heterocycles. The first-order valence-electron chi connectivity index (χ1n) is 10.7. The number of benzene rings is 2. The summed E-state index contributed by atoms with van der Waals surface area (Å²) in [7, 11) is 1.60. The van der Waals surface area contributed by atoms with E-state index in [0.29, 0.717) is 23.6 Å². The Kier molecular flexibility index (Phi) is 7.51. The van der Waals surface area contributed by atoms with Gasteiger partial charge in [0.15, 0.2) is 5.60 Å². The Morgan fingerprint density at radius 1 is 1.06 bits per heavy atom. The summed E-state index contributed by atoms with van der Waals surface area (Å²) in [5.41, 5.74) is 2.94. The maximum atomic E-state index is 13.0. The Morgan fingerprint density at radius 3 is 2.33 bits per heavy atom. The molecule has 2 aromatic carbocycles. The molecule has 1 heterocycles. The summed E-state index contributed by atoms with van der Waals surface area (Å²) in [5, 5.41) is 9.13. The third kappa shape index (κ3) is 6.20. The third-order valence-corrected chi connectivity index (χ3v) is 5.32. The van der Waals surface area contributed by atoms with Crippen molar-refractivity contribution in [2.24, 2.45) is 0 Å². The van der Waals surface area contributed by atoms with Gasteiger partial charge in [-0.05, 0) is 67.8 Å². The quantitative estimate of drug-likeness (QED) is 0.436. The number of carboxylic acids is 1. The number of hydrogen-bond acceptors (Lipinski definition) is 4. The minimum absolute atomic E-state index is 0.0345. The first kappa shape index (κ1) is 24.0. The first-order chi connectivity index (χ1) is 15.7. The lowest BCUT2D eigenvalue weighted by molar-refractivity contribution is -0.162. The van der Waals surface area contributed by atoms with Crippen molar-refractivity contribution in [1.82, 2.24) is 4.57 Å². The minimum atomic E-state index is -1.23. The van der Waals surface area contributed by atoms with Gasteiger partial charge in [0.05, 0.1) is 19.4 Å². The smallest absolute Gasteiger partial charge is 0.335 e. The van der Waals surface area contributed by atoms with Gasteiger partial charge in [0.1, 0.15) is 5.75 Å². The topological polar surface area (TPSA) is 77.8 Å². The standard InChI is InChI=1S/C27H29NO5/c1-19-16-24(25(29)22-11-13-23(32-4)14-12-22)28(17-19)15-5-6-20-7-9-21(10-8-20)18-33-27(2,3)26(30)31/h5-14,16-17H,15,18H2,1-4H3,(H,30,31)/b6-5+. The van der Waals surface area contributed by atoms with Crippen LogP contribution in [0, 0.1) is 6.92 Å². The predicted octanol–water partition coefficient (Wildman–Crippen LogP) is 5.13. The van der Waals surface area contributed by atoms with Crippen LogP contribution in [0.25, 0.3) is 6.08 Å². The lowest BCUT2D eigenvalue weighted by Crippen LogP contribution is -2.34. The van der Waals surface area contributed by atoms with Crippen LogP contribution in [-0.2, 0) is 22.7 Å². The molecule has 1 N–H and O–H groups in total. The molecule has 0 fully saturated rings. The van der Waals surface area contributed by atoms with Crippen LogP contribution >= 0.6 is 0 Å². The van der Waals surface area contributed by atoms with Gasteiger partial charge in [-0.15, -0.1) is 0 Å². The van der Waals surface area contributed by atoms with Crippen LogP contribution in [0.3, 0.4) is 0 Å². The number of rotatable bonds is 10. The summed E-state index contributed by atoms with van der Waals surface area (Å²) < 4.78 is 12.6. The second-order valence-corrected chi connectivity index (χ2v) is 8.36. The lowest BCUT2D eigenvalue weighted by Gasteiger charge is -2.20. The average Bonchev–Trinajstić information content (AvgIpc) is 3.18. The number of aryl methyl sites for hydroxylation is 1. The SMILES string of the molecule is COc1ccc(C(=O)c2cc(C)cn2C/C=C/c2ccc(COC(C)(C)C(=O)O)cc2)cc1. The molecule has 0 aliphatic carbocycles. The Bertz CT molecular complexity index is 1140. The van der Waals surface area contributed by atoms with Gasteiger partial charge in [-0.1, -0.05) is 36.4 Å². The van der Waals surface area contributed by atoms with Crippen LogP contribution in [0.1, 0.15) is 46.6 Å². The Hall–Kier alpha value is -3.64. The predicted molar refractivity (Wildman–Crippen MR) is 128 cm³/mol. The highest BCUT2D eigenvalue weighted by Gasteiger charge is 2.27. The van der Waals surface area contributed by atoms with Gasteiger partial charge in [-0.3, -0.25) is 4.79 Å². The number of aromatic nitrogens is 1. The van der Waals surface area contributed by atoms with Crippen molar-refractivity contribution in [3.05, 3.63) is 94.8 Å². The molecule has 0 amide bonds. The van der Waals surface area contributed by atoms with E-state index in [9.17, 15) is 9.59 Å². The summed E-state index contributed by atoms with van der Waals surface area (Å²) in [6, 6.07) is 16.7. The molecule has 0 spiro atoms. The van der Waals surface area contributed by atoms with Crippen LogP contribution in [0.15, 0.2) is 66.9 Å². The van der Waals surface area contributed by atoms with E-state index in [4.69, 9.17) is 14.6 Å². The van der Waals surface area contributed by atoms with Crippen LogP contribution in [0.5, 0.6) is 5.75 Å². The molecular formula is C27H29NO5. The van der Waals surface area contributed by atoms with E-state index in [1.165, 1.54) is 13.8 Å². The van der Waals surface area contributed by atoms with Gasteiger partial charge in [0.2, 0.25) is 5.78 Å². The zero-order chi connectivity index (χ0) is 24.0. The van der Waals surface area contributed by atoms with Gasteiger partial charge in [-0.25, -0.2) is 4.79 Å². The Labute approximate surface area is 194 Å². The van der Waals surface area contributed by atoms with E-state index in [1.807, 2.05) is 60.2 Å². The van der Waals surface area contributed by atoms with E-state index in [2.05, 4.69) is 0 Å². The largest absolute Gasteiger partial charge is 0.497 e. The van der Waals surface area contributed by atoms with E-state index in [0.717, 1.165) is 16.7 Å². The van der Waals surface area contributed by atoms with Crippen molar-refractivity contribution in [3.8, 4) is 5.75 Å². The molecule has 0 radical (unpaired) electrons. The van der Waals surface area contributed by atoms with Gasteiger partial charge in [0.25, 0.3) is 0 Å². The molecule has 0 saturated carbocycles. The van der Waals surface area contributed by atoms with Crippen LogP contribution in [0.2, 0.25) is 0 Å². The fraction of sp³-hybridized carbons (Fsp3) is 0.259. The molecule has 0 saturated heterocycles. The molecular weight excluding hydrogens is 418 g/mol. The lowest BCUT2D eigenvalue weighted by atomic mass is 10.1. The van der Waals surface area contributed by atoms with Crippen molar-refractivity contribution < 1.29 is 24.2 Å². The molecule has 1 aromatic heterocycles. The van der Waals surface area contributed by atoms with Crippen LogP contribution in [0.4, 0.5) is 0 Å². The summed E-state index contributed by atoms with van der Waals surface area (Å²) in [6.45, 7) is 5.81. The Balaban J connectivity index is 1.64. The molecule has 0 atom stereocenters. The highest BCUT2D eigenvalue weighted by atomic mass is 16.5. The van der Waals surface area contributed by atoms with Gasteiger partial charge in [0, 0.05) is 18.3 Å². The second-order valence-electron chi connectivity index (χ2n) is 8.36. The molecule has 0 aliphatic rings. The summed E-state index contributed by atoms with van der Waals surface area (Å²) in [4.78, 5) is 24.1. The highest BCUT2D eigenvalue weighted by molar-refractivity contribution is 6.08. The average molecular weight is 448 g/mol. The number of aliphatic carboxylic acids is 1. The molecule has 3 aromatic rings. The molecule has 0 unspecified atom stereocenters. The number of ketones is 1. The number of carbonyl (C=O) groups excluding carboxylic acids is 1. The summed E-state index contributed by atoms with van der Waals surface area (Å²) in [5.74, 6) is -0.316. The monoisotopic (exact) mass is 447 g/mol. The number of hydrogen-bond donors (Lipinski definition) is 1. The molecule has 0 bridgehead atoms. The number of methoxy groups -OCH3 is 1. The van der Waals surface area contributed by atoms with Crippen molar-refractivity contribution in [1.29, 1.82) is 0 Å². The summed E-state index contributed by atoms with van der Waals surface area (Å²) >= 11 is 0. The van der Waals surface area contributed by atoms with Gasteiger partial charge in [-0.2, -0.15) is 0 Å². The van der Waals surface area contributed by atoms with E-state index in [-0.39, 0.29) is 12.4 Å². The maximum absolute atomic E-state index is 13.0. The number of allylic oxidation sites excluding steroid dienone is 1. The first-order valence-corrected chi connectivity index (χ1v) is 10.7. The zero-order valence-electron chi connectivity index (χ0n) is 19.4. The molecule has 172 valence electrons. The zero-order valence-corrected chi connectivity index (χ0v) is 19.4. The third-order valence-electron chi connectivity index (χ3n) is 5.32. The second kappa shape index (κ2) is 10.3. The van der Waals surface area contributed by atoms with E-state index in [1.54, 1.807) is 31.4 Å². The van der Waals surface area contributed by atoms with Crippen molar-refractivity contribution in [2.75, 3.05) is 7.11 Å². The molecule has 33 heavy (non-hydrogen) atoms. The summed E-state index contributed by atoms with van der Waals surface area (Å²) in [6.07, 6.45) is 5.96. The normalized spacial score (nSPS) is 11.6. The number of ether oxygens (including phenoxy) is 2. The number of carboxylic acid groups (broad SMARTS) is 1. The fourth-order valence-electron chi connectivity index (χ4n) is 3.24. The fourth-order valence-corrected chi connectivity index (χ4v) is 3.24. The Morgan fingerprint density at radius 2 is 1.73 bits per heavy atom. The van der Waals surface area contributed by atoms with Gasteiger partial charge < -0.3 is 19.1 Å². The number of nitrogens with zero attached hydrogens (tertiary/aromatic N) is 1. The minimum Gasteiger partial charge on any atom is -0.497 e. The number of carbonyl (C=O) groups is 2. The van der Waals surface area contributed by atoms with Crippen LogP contribution < -0.4 is 4.74 Å². The van der Waals surface area contributed by atoms with E-state index >= 15 is 0 Å². The van der Waals surface area contributed by atoms with Crippen molar-refractivity contribution in [2.45, 2.75) is 39.5 Å². The van der Waals surface area contributed by atoms with E-state index < -0.39 is 11.6 Å². The molecule has 6 heteroatoms. The van der Waals surface area contributed by atoms with Gasteiger partial charge >= 0.3 is 5.97 Å².